The van der Waals surface area contributed by atoms with E-state index in [4.69, 9.17) is 4.98 Å². The van der Waals surface area contributed by atoms with Crippen LogP contribution in [-0.2, 0) is 19.4 Å². The molecule has 1 aliphatic rings. The molecule has 0 aromatic carbocycles. The molecule has 0 saturated heterocycles. The van der Waals surface area contributed by atoms with E-state index in [0.717, 1.165) is 31.8 Å². The standard InChI is InChI=1S/C16H21N3S/c1-2-3-14-15(11-18-13-4-5-13)20-16(19-14)10-12-6-8-17-9-7-12/h6-9,13,18H,2-5,10-11H2,1H3. The third-order valence-electron chi connectivity index (χ3n) is 3.54. The fraction of sp³-hybridized carbons (Fsp3) is 0.500. The molecule has 0 atom stereocenters. The van der Waals surface area contributed by atoms with E-state index in [-0.39, 0.29) is 0 Å². The summed E-state index contributed by atoms with van der Waals surface area (Å²) in [5, 5.41) is 4.84. The molecule has 3 nitrogen and oxygen atoms in total. The van der Waals surface area contributed by atoms with Crippen molar-refractivity contribution in [3.8, 4) is 0 Å². The van der Waals surface area contributed by atoms with Crippen LogP contribution in [0.3, 0.4) is 0 Å². The van der Waals surface area contributed by atoms with E-state index in [0.29, 0.717) is 0 Å². The molecule has 0 aliphatic heterocycles. The summed E-state index contributed by atoms with van der Waals surface area (Å²) >= 11 is 1.87. The van der Waals surface area contributed by atoms with Crippen molar-refractivity contribution < 1.29 is 0 Å². The summed E-state index contributed by atoms with van der Waals surface area (Å²) < 4.78 is 0. The van der Waals surface area contributed by atoms with E-state index >= 15 is 0 Å². The third kappa shape index (κ3) is 3.64. The zero-order valence-corrected chi connectivity index (χ0v) is 12.7. The molecule has 0 bridgehead atoms. The summed E-state index contributed by atoms with van der Waals surface area (Å²) in [6.07, 6.45) is 9.56. The number of hydrogen-bond donors (Lipinski definition) is 1. The van der Waals surface area contributed by atoms with Crippen molar-refractivity contribution in [1.82, 2.24) is 15.3 Å². The Morgan fingerprint density at radius 1 is 1.30 bits per heavy atom. The number of nitrogens with zero attached hydrogens (tertiary/aromatic N) is 2. The van der Waals surface area contributed by atoms with Gasteiger partial charge in [0.1, 0.15) is 0 Å². The van der Waals surface area contributed by atoms with E-state index in [9.17, 15) is 0 Å². The zero-order valence-electron chi connectivity index (χ0n) is 11.9. The second-order valence-corrected chi connectivity index (χ2v) is 6.58. The maximum atomic E-state index is 4.85. The first-order valence-corrected chi connectivity index (χ1v) is 8.26. The Labute approximate surface area is 124 Å². The summed E-state index contributed by atoms with van der Waals surface area (Å²) in [5.41, 5.74) is 2.59. The fourth-order valence-corrected chi connectivity index (χ4v) is 3.38. The van der Waals surface area contributed by atoms with Crippen molar-refractivity contribution >= 4 is 11.3 Å². The van der Waals surface area contributed by atoms with Crippen LogP contribution in [0.5, 0.6) is 0 Å². The summed E-state index contributed by atoms with van der Waals surface area (Å²) in [6.45, 7) is 3.22. The Kier molecular flexibility index (Phi) is 4.43. The van der Waals surface area contributed by atoms with Gasteiger partial charge >= 0.3 is 0 Å². The molecule has 0 amide bonds. The average Bonchev–Trinajstić information content (AvgIpc) is 3.22. The van der Waals surface area contributed by atoms with Crippen LogP contribution in [-0.4, -0.2) is 16.0 Å². The molecule has 4 heteroatoms. The topological polar surface area (TPSA) is 37.8 Å². The molecule has 3 rings (SSSR count). The lowest BCUT2D eigenvalue weighted by atomic mass is 10.2. The van der Waals surface area contributed by atoms with Crippen LogP contribution in [0.1, 0.15) is 47.3 Å². The van der Waals surface area contributed by atoms with Gasteiger partial charge in [0.2, 0.25) is 0 Å². The molecular weight excluding hydrogens is 266 g/mol. The van der Waals surface area contributed by atoms with Crippen LogP contribution in [0.4, 0.5) is 0 Å². The molecule has 20 heavy (non-hydrogen) atoms. The molecule has 0 spiro atoms. The van der Waals surface area contributed by atoms with Gasteiger partial charge < -0.3 is 5.32 Å². The van der Waals surface area contributed by atoms with Gasteiger partial charge in [-0.05, 0) is 37.0 Å². The molecule has 1 aliphatic carbocycles. The van der Waals surface area contributed by atoms with Crippen molar-refractivity contribution in [3.05, 3.63) is 45.7 Å². The number of hydrogen-bond acceptors (Lipinski definition) is 4. The van der Waals surface area contributed by atoms with Gasteiger partial charge in [-0.3, -0.25) is 4.98 Å². The van der Waals surface area contributed by atoms with Crippen LogP contribution in [0.15, 0.2) is 24.5 Å². The molecule has 2 heterocycles. The second-order valence-electron chi connectivity index (χ2n) is 5.41. The fourth-order valence-electron chi connectivity index (χ4n) is 2.28. The van der Waals surface area contributed by atoms with Gasteiger partial charge in [0.15, 0.2) is 0 Å². The van der Waals surface area contributed by atoms with Gasteiger partial charge in [-0.15, -0.1) is 11.3 Å². The third-order valence-corrected chi connectivity index (χ3v) is 4.64. The maximum absolute atomic E-state index is 4.85. The molecule has 2 aromatic rings. The average molecular weight is 287 g/mol. The Hall–Kier alpha value is -1.26. The second kappa shape index (κ2) is 6.46. The monoisotopic (exact) mass is 287 g/mol. The largest absolute Gasteiger partial charge is 0.309 e. The van der Waals surface area contributed by atoms with E-state index < -0.39 is 0 Å². The zero-order chi connectivity index (χ0) is 13.8. The highest BCUT2D eigenvalue weighted by molar-refractivity contribution is 7.11. The van der Waals surface area contributed by atoms with Crippen LogP contribution < -0.4 is 5.32 Å². The quantitative estimate of drug-likeness (QED) is 0.849. The van der Waals surface area contributed by atoms with Crippen molar-refractivity contribution in [2.24, 2.45) is 0 Å². The SMILES string of the molecule is CCCc1nc(Cc2ccncc2)sc1CNC1CC1. The number of thiazole rings is 1. The first-order chi connectivity index (χ1) is 9.85. The molecule has 106 valence electrons. The minimum atomic E-state index is 0.759. The predicted octanol–water partition coefficient (Wildman–Crippen LogP) is 3.33. The van der Waals surface area contributed by atoms with Gasteiger partial charge in [-0.1, -0.05) is 13.3 Å². The van der Waals surface area contributed by atoms with E-state index in [2.05, 4.69) is 29.4 Å². The minimum Gasteiger partial charge on any atom is -0.309 e. The van der Waals surface area contributed by atoms with Gasteiger partial charge in [-0.25, -0.2) is 4.98 Å². The van der Waals surface area contributed by atoms with Crippen molar-refractivity contribution in [2.45, 2.75) is 51.6 Å². The normalized spacial score (nSPS) is 14.7. The van der Waals surface area contributed by atoms with Gasteiger partial charge in [0, 0.05) is 36.3 Å². The molecular formula is C16H21N3S. The lowest BCUT2D eigenvalue weighted by molar-refractivity contribution is 0.686. The van der Waals surface area contributed by atoms with Gasteiger partial charge in [-0.2, -0.15) is 0 Å². The van der Waals surface area contributed by atoms with Gasteiger partial charge in [0.05, 0.1) is 10.7 Å². The van der Waals surface area contributed by atoms with Crippen LogP contribution >= 0.6 is 11.3 Å². The number of pyridine rings is 1. The van der Waals surface area contributed by atoms with E-state index in [1.165, 1.54) is 34.0 Å². The molecule has 1 fully saturated rings. The molecule has 1 N–H and O–H groups in total. The number of aryl methyl sites for hydroxylation is 1. The van der Waals surface area contributed by atoms with Crippen LogP contribution in [0.25, 0.3) is 0 Å². The van der Waals surface area contributed by atoms with E-state index in [1.54, 1.807) is 0 Å². The highest BCUT2D eigenvalue weighted by Gasteiger charge is 2.21. The highest BCUT2D eigenvalue weighted by atomic mass is 32.1. The summed E-state index contributed by atoms with van der Waals surface area (Å²) in [5.74, 6) is 0. The number of aromatic nitrogens is 2. The van der Waals surface area contributed by atoms with Crippen molar-refractivity contribution in [1.29, 1.82) is 0 Å². The van der Waals surface area contributed by atoms with Crippen molar-refractivity contribution in [3.63, 3.8) is 0 Å². The first kappa shape index (κ1) is 13.7. The molecule has 0 unspecified atom stereocenters. The van der Waals surface area contributed by atoms with Gasteiger partial charge in [0.25, 0.3) is 0 Å². The molecule has 0 radical (unpaired) electrons. The van der Waals surface area contributed by atoms with Crippen molar-refractivity contribution in [2.75, 3.05) is 0 Å². The Morgan fingerprint density at radius 3 is 2.80 bits per heavy atom. The number of rotatable bonds is 7. The Bertz CT molecular complexity index is 546. The summed E-state index contributed by atoms with van der Waals surface area (Å²) in [6, 6.07) is 4.90. The maximum Gasteiger partial charge on any atom is 0.0975 e. The minimum absolute atomic E-state index is 0.759. The molecule has 2 aromatic heterocycles. The lowest BCUT2D eigenvalue weighted by Crippen LogP contribution is -2.15. The summed E-state index contributed by atoms with van der Waals surface area (Å²) in [7, 11) is 0. The van der Waals surface area contributed by atoms with Crippen LogP contribution in [0.2, 0.25) is 0 Å². The smallest absolute Gasteiger partial charge is 0.0975 e. The first-order valence-electron chi connectivity index (χ1n) is 7.45. The highest BCUT2D eigenvalue weighted by Crippen LogP contribution is 2.25. The number of nitrogens with one attached hydrogen (secondary N) is 1. The van der Waals surface area contributed by atoms with Crippen LogP contribution in [0, 0.1) is 0 Å². The Morgan fingerprint density at radius 2 is 2.10 bits per heavy atom. The lowest BCUT2D eigenvalue weighted by Gasteiger charge is -2.01. The van der Waals surface area contributed by atoms with E-state index in [1.807, 2.05) is 23.7 Å². The Balaban J connectivity index is 1.71. The molecule has 1 saturated carbocycles. The predicted molar refractivity (Wildman–Crippen MR) is 83.0 cm³/mol. The summed E-state index contributed by atoms with van der Waals surface area (Å²) in [4.78, 5) is 10.4.